The van der Waals surface area contributed by atoms with Gasteiger partial charge in [0.15, 0.2) is 0 Å². The zero-order valence-corrected chi connectivity index (χ0v) is 17.5. The lowest BCUT2D eigenvalue weighted by Crippen LogP contribution is -2.44. The van der Waals surface area contributed by atoms with Crippen LogP contribution < -0.4 is 0 Å². The van der Waals surface area contributed by atoms with Gasteiger partial charge < -0.3 is 9.80 Å². The van der Waals surface area contributed by atoms with Crippen molar-refractivity contribution in [1.82, 2.24) is 9.80 Å². The highest BCUT2D eigenvalue weighted by atomic mass is 32.1. The molecule has 26 heavy (non-hydrogen) atoms. The van der Waals surface area contributed by atoms with E-state index in [-0.39, 0.29) is 12.0 Å². The average molecular weight is 375 g/mol. The summed E-state index contributed by atoms with van der Waals surface area (Å²) in [4.78, 5) is 5.79. The first-order valence-electron chi connectivity index (χ1n) is 9.69. The Bertz CT molecular complexity index is 608. The Morgan fingerprint density at radius 2 is 2.00 bits per heavy atom. The predicted octanol–water partition coefficient (Wildman–Crippen LogP) is 5.54. The molecule has 144 valence electrons. The monoisotopic (exact) mass is 374 g/mol. The summed E-state index contributed by atoms with van der Waals surface area (Å²) in [6.45, 7) is 13.2. The molecule has 5 heteroatoms. The van der Waals surface area contributed by atoms with Crippen LogP contribution in [0.3, 0.4) is 0 Å². The van der Waals surface area contributed by atoms with Crippen molar-refractivity contribution in [3.63, 3.8) is 0 Å². The van der Waals surface area contributed by atoms with Gasteiger partial charge in [0.05, 0.1) is 5.84 Å². The van der Waals surface area contributed by atoms with Gasteiger partial charge in [0, 0.05) is 29.4 Å². The molecule has 0 aromatic carbocycles. The van der Waals surface area contributed by atoms with E-state index in [1.807, 2.05) is 36.3 Å². The van der Waals surface area contributed by atoms with E-state index in [1.165, 1.54) is 4.88 Å². The minimum atomic E-state index is 0.150. The zero-order valence-electron chi connectivity index (χ0n) is 16.7. The predicted molar refractivity (Wildman–Crippen MR) is 113 cm³/mol. The van der Waals surface area contributed by atoms with Gasteiger partial charge in [0.1, 0.15) is 5.84 Å². The number of hydrogen-bond acceptors (Lipinski definition) is 4. The van der Waals surface area contributed by atoms with Crippen LogP contribution in [0.1, 0.15) is 64.2 Å². The van der Waals surface area contributed by atoms with E-state index in [0.29, 0.717) is 23.6 Å². The molecule has 1 aliphatic rings. The second-order valence-corrected chi connectivity index (χ2v) is 8.72. The summed E-state index contributed by atoms with van der Waals surface area (Å²) >= 11 is 1.84. The third-order valence-corrected chi connectivity index (χ3v) is 6.57. The molecule has 1 aliphatic carbocycles. The highest BCUT2D eigenvalue weighted by molar-refractivity contribution is 7.10. The van der Waals surface area contributed by atoms with Crippen LogP contribution in [0.2, 0.25) is 0 Å². The van der Waals surface area contributed by atoms with Crippen LogP contribution in [0.25, 0.3) is 0 Å². The first-order chi connectivity index (χ1) is 12.3. The molecule has 1 heterocycles. The largest absolute Gasteiger partial charge is 0.375 e. The number of thiophene rings is 1. The van der Waals surface area contributed by atoms with Gasteiger partial charge in [-0.05, 0) is 56.2 Å². The fraction of sp³-hybridized carbons (Fsp3) is 0.619. The van der Waals surface area contributed by atoms with Crippen LogP contribution in [0.4, 0.5) is 0 Å². The Kier molecular flexibility index (Phi) is 7.44. The topological polar surface area (TPSA) is 54.2 Å². The minimum Gasteiger partial charge on any atom is -0.375 e. The molecule has 0 radical (unpaired) electrons. The Morgan fingerprint density at radius 3 is 2.54 bits per heavy atom. The maximum atomic E-state index is 8.38. The van der Waals surface area contributed by atoms with Gasteiger partial charge >= 0.3 is 0 Å². The molecular weight excluding hydrogens is 340 g/mol. The second-order valence-electron chi connectivity index (χ2n) is 7.74. The molecule has 3 unspecified atom stereocenters. The third kappa shape index (κ3) is 4.97. The smallest absolute Gasteiger partial charge is 0.104 e. The van der Waals surface area contributed by atoms with Crippen LogP contribution in [-0.2, 0) is 0 Å². The van der Waals surface area contributed by atoms with E-state index in [0.717, 1.165) is 32.2 Å². The summed E-state index contributed by atoms with van der Waals surface area (Å²) in [6, 6.07) is 5.09. The van der Waals surface area contributed by atoms with Gasteiger partial charge in [0.2, 0.25) is 0 Å². The summed E-state index contributed by atoms with van der Waals surface area (Å²) in [5.41, 5.74) is 0. The lowest BCUT2D eigenvalue weighted by atomic mass is 10.0. The standard InChI is InChI=1S/C21H34N4S/c1-6-24(12-11-16(4)20-8-7-13-26-20)18-9-10-19(14-18)25(17(5)22)21(23)15(2)3/h6-8,13,15-16,18-19,22-23H,1,9-12,14H2,2-5H3. The fourth-order valence-corrected chi connectivity index (χ4v) is 4.70. The Hall–Kier alpha value is -1.62. The normalized spacial score (nSPS) is 20.8. The number of amidine groups is 2. The summed E-state index contributed by atoms with van der Waals surface area (Å²) < 4.78 is 0. The zero-order chi connectivity index (χ0) is 19.3. The van der Waals surface area contributed by atoms with Gasteiger partial charge in [-0.25, -0.2) is 0 Å². The van der Waals surface area contributed by atoms with Crippen molar-refractivity contribution in [3.8, 4) is 0 Å². The quantitative estimate of drug-likeness (QED) is 0.463. The molecule has 4 nitrogen and oxygen atoms in total. The molecule has 0 bridgehead atoms. The van der Waals surface area contributed by atoms with Crippen LogP contribution in [0.15, 0.2) is 30.3 Å². The molecule has 1 aromatic rings. The van der Waals surface area contributed by atoms with Crippen LogP contribution in [0, 0.1) is 16.7 Å². The first-order valence-corrected chi connectivity index (χ1v) is 10.6. The average Bonchev–Trinajstić information content (AvgIpc) is 3.27. The molecule has 0 amide bonds. The maximum absolute atomic E-state index is 8.38. The van der Waals surface area contributed by atoms with Crippen molar-refractivity contribution >= 4 is 23.0 Å². The Morgan fingerprint density at radius 1 is 1.31 bits per heavy atom. The molecule has 2 rings (SSSR count). The SMILES string of the molecule is C=CN(CCC(C)c1cccs1)C1CCC(N(C(C)=N)C(=N)C(C)C)C1. The van der Waals surface area contributed by atoms with Gasteiger partial charge in [-0.1, -0.05) is 33.4 Å². The molecule has 0 aliphatic heterocycles. The lowest BCUT2D eigenvalue weighted by Gasteiger charge is -2.33. The minimum absolute atomic E-state index is 0.150. The molecule has 0 spiro atoms. The summed E-state index contributed by atoms with van der Waals surface area (Å²) in [5, 5.41) is 18.7. The van der Waals surface area contributed by atoms with E-state index in [4.69, 9.17) is 10.8 Å². The summed E-state index contributed by atoms with van der Waals surface area (Å²) in [5.74, 6) is 1.78. The molecule has 3 atom stereocenters. The number of hydrogen-bond donors (Lipinski definition) is 2. The number of rotatable bonds is 8. The number of nitrogens with zero attached hydrogens (tertiary/aromatic N) is 2. The summed E-state index contributed by atoms with van der Waals surface area (Å²) in [6.07, 6.45) is 6.27. The highest BCUT2D eigenvalue weighted by Gasteiger charge is 2.34. The highest BCUT2D eigenvalue weighted by Crippen LogP contribution is 2.31. The van der Waals surface area contributed by atoms with Gasteiger partial charge in [-0.2, -0.15) is 0 Å². The van der Waals surface area contributed by atoms with Crippen molar-refractivity contribution in [2.24, 2.45) is 5.92 Å². The van der Waals surface area contributed by atoms with Crippen LogP contribution >= 0.6 is 11.3 Å². The van der Waals surface area contributed by atoms with E-state index < -0.39 is 0 Å². The fourth-order valence-electron chi connectivity index (χ4n) is 3.88. The van der Waals surface area contributed by atoms with Gasteiger partial charge in [-0.15, -0.1) is 11.3 Å². The molecule has 1 aromatic heterocycles. The van der Waals surface area contributed by atoms with E-state index in [2.05, 4.69) is 35.9 Å². The molecule has 1 saturated carbocycles. The molecule has 2 N–H and O–H groups in total. The van der Waals surface area contributed by atoms with Gasteiger partial charge in [-0.3, -0.25) is 10.8 Å². The second kappa shape index (κ2) is 9.36. The van der Waals surface area contributed by atoms with E-state index in [1.54, 1.807) is 6.92 Å². The molecule has 1 fully saturated rings. The van der Waals surface area contributed by atoms with Gasteiger partial charge in [0.25, 0.3) is 0 Å². The molecule has 0 saturated heterocycles. The maximum Gasteiger partial charge on any atom is 0.104 e. The summed E-state index contributed by atoms with van der Waals surface area (Å²) in [7, 11) is 0. The lowest BCUT2D eigenvalue weighted by molar-refractivity contribution is 0.262. The van der Waals surface area contributed by atoms with Crippen LogP contribution in [-0.4, -0.2) is 40.1 Å². The number of nitrogens with one attached hydrogen (secondary N) is 2. The molecular formula is C21H34N4S. The van der Waals surface area contributed by atoms with E-state index >= 15 is 0 Å². The van der Waals surface area contributed by atoms with Crippen molar-refractivity contribution in [3.05, 3.63) is 35.2 Å². The Labute approximate surface area is 162 Å². The third-order valence-electron chi connectivity index (χ3n) is 5.46. The Balaban J connectivity index is 1.95. The van der Waals surface area contributed by atoms with Crippen LogP contribution in [0.5, 0.6) is 0 Å². The van der Waals surface area contributed by atoms with Crippen molar-refractivity contribution in [1.29, 1.82) is 10.8 Å². The first kappa shape index (κ1) is 20.7. The van der Waals surface area contributed by atoms with E-state index in [9.17, 15) is 0 Å². The van der Waals surface area contributed by atoms with Crippen molar-refractivity contribution in [2.45, 2.75) is 71.4 Å². The van der Waals surface area contributed by atoms with Crippen molar-refractivity contribution < 1.29 is 0 Å². The van der Waals surface area contributed by atoms with Crippen molar-refractivity contribution in [2.75, 3.05) is 6.54 Å².